The van der Waals surface area contributed by atoms with Crippen molar-refractivity contribution < 1.29 is 15.5 Å². The van der Waals surface area contributed by atoms with E-state index in [2.05, 4.69) is 36.3 Å². The molecule has 0 radical (unpaired) electrons. The monoisotopic (exact) mass is 393 g/mol. The number of rotatable bonds is 6. The Balaban J connectivity index is 1.48. The van der Waals surface area contributed by atoms with Crippen LogP contribution in [0, 0.1) is 0 Å². The third-order valence-corrected chi connectivity index (χ3v) is 6.21. The predicted molar refractivity (Wildman–Crippen MR) is 114 cm³/mol. The van der Waals surface area contributed by atoms with Crippen LogP contribution in [0.5, 0.6) is 5.75 Å². The lowest BCUT2D eigenvalue weighted by molar-refractivity contribution is -0.693. The standard InChI is InChI=1S/C24H28N2O3/c1-3-14-9-16-11-18(12-17(16)10-15(14)4-2)25-13-22(28)19-5-7-21(27)24-20(19)6-8-23(29)26-24/h5-10,18,22,25,27-28H,3-4,11-13H2,1-2H3,(H,26,29)/p+1/t22-/m0/s1. The number of nitrogens with two attached hydrogens (primary N) is 1. The zero-order valence-corrected chi connectivity index (χ0v) is 17.0. The molecule has 1 aliphatic rings. The van der Waals surface area contributed by atoms with Crippen LogP contribution >= 0.6 is 0 Å². The van der Waals surface area contributed by atoms with Gasteiger partial charge in [0.2, 0.25) is 5.56 Å². The molecule has 0 bridgehead atoms. The molecule has 0 saturated carbocycles. The van der Waals surface area contributed by atoms with Crippen LogP contribution in [0.3, 0.4) is 0 Å². The number of benzene rings is 2. The molecular formula is C24H29N2O3+. The number of aromatic hydroxyl groups is 1. The number of aliphatic hydroxyl groups is 1. The maximum absolute atomic E-state index is 11.6. The van der Waals surface area contributed by atoms with Gasteiger partial charge >= 0.3 is 0 Å². The second-order valence-electron chi connectivity index (χ2n) is 8.04. The molecule has 1 aliphatic carbocycles. The van der Waals surface area contributed by atoms with E-state index in [-0.39, 0.29) is 11.3 Å². The average molecular weight is 394 g/mol. The van der Waals surface area contributed by atoms with Crippen LogP contribution in [0.4, 0.5) is 0 Å². The molecule has 1 aromatic heterocycles. The van der Waals surface area contributed by atoms with E-state index >= 15 is 0 Å². The number of aromatic amines is 1. The second kappa shape index (κ2) is 8.01. The molecule has 1 atom stereocenters. The van der Waals surface area contributed by atoms with Crippen molar-refractivity contribution in [3.63, 3.8) is 0 Å². The van der Waals surface area contributed by atoms with Crippen molar-refractivity contribution in [1.82, 2.24) is 4.98 Å². The maximum Gasteiger partial charge on any atom is 0.248 e. The van der Waals surface area contributed by atoms with Crippen LogP contribution in [0.15, 0.2) is 41.2 Å². The molecule has 1 heterocycles. The molecule has 0 saturated heterocycles. The van der Waals surface area contributed by atoms with E-state index in [1.165, 1.54) is 34.4 Å². The van der Waals surface area contributed by atoms with Crippen molar-refractivity contribution in [3.05, 3.63) is 74.6 Å². The Hall–Kier alpha value is -2.63. The van der Waals surface area contributed by atoms with Gasteiger partial charge in [-0.2, -0.15) is 0 Å². The predicted octanol–water partition coefficient (Wildman–Crippen LogP) is 2.12. The first-order valence-corrected chi connectivity index (χ1v) is 10.5. The zero-order valence-electron chi connectivity index (χ0n) is 17.0. The summed E-state index contributed by atoms with van der Waals surface area (Å²) in [4.78, 5) is 14.2. The topological polar surface area (TPSA) is 89.9 Å². The highest BCUT2D eigenvalue weighted by molar-refractivity contribution is 5.87. The fourth-order valence-electron chi connectivity index (χ4n) is 4.63. The van der Waals surface area contributed by atoms with Gasteiger partial charge in [-0.15, -0.1) is 0 Å². The summed E-state index contributed by atoms with van der Waals surface area (Å²) in [6.07, 6.45) is 3.52. The lowest BCUT2D eigenvalue weighted by atomic mass is 9.97. The fraction of sp³-hybridized carbons (Fsp3) is 0.375. The number of phenolic OH excluding ortho intramolecular Hbond substituents is 1. The second-order valence-corrected chi connectivity index (χ2v) is 8.04. The van der Waals surface area contributed by atoms with Gasteiger partial charge in [0.05, 0.1) is 11.6 Å². The molecule has 0 aliphatic heterocycles. The van der Waals surface area contributed by atoms with Crippen LogP contribution < -0.4 is 10.9 Å². The van der Waals surface area contributed by atoms with E-state index in [1.54, 1.807) is 12.1 Å². The van der Waals surface area contributed by atoms with Crippen molar-refractivity contribution in [2.24, 2.45) is 0 Å². The van der Waals surface area contributed by atoms with Crippen LogP contribution in [0.1, 0.15) is 47.8 Å². The first kappa shape index (κ1) is 19.7. The van der Waals surface area contributed by atoms with Crippen LogP contribution in [0.2, 0.25) is 0 Å². The van der Waals surface area contributed by atoms with Gasteiger partial charge in [-0.25, -0.2) is 0 Å². The molecule has 5 N–H and O–H groups in total. The van der Waals surface area contributed by atoms with Crippen molar-refractivity contribution in [2.45, 2.75) is 51.7 Å². The Bertz CT molecular complexity index is 1070. The fourth-order valence-corrected chi connectivity index (χ4v) is 4.63. The number of nitrogens with one attached hydrogen (secondary N) is 1. The van der Waals surface area contributed by atoms with Gasteiger partial charge < -0.3 is 20.5 Å². The summed E-state index contributed by atoms with van der Waals surface area (Å²) < 4.78 is 0. The molecule has 0 amide bonds. The highest BCUT2D eigenvalue weighted by Crippen LogP contribution is 2.29. The maximum atomic E-state index is 11.6. The molecule has 2 aromatic carbocycles. The van der Waals surface area contributed by atoms with Crippen molar-refractivity contribution in [3.8, 4) is 5.75 Å². The quantitative estimate of drug-likeness (QED) is 0.517. The number of aryl methyl sites for hydroxylation is 2. The number of phenols is 1. The number of H-pyrrole nitrogens is 1. The third kappa shape index (κ3) is 3.80. The summed E-state index contributed by atoms with van der Waals surface area (Å²) in [6, 6.07) is 11.5. The Morgan fingerprint density at radius 1 is 1.07 bits per heavy atom. The number of hydrogen-bond acceptors (Lipinski definition) is 3. The van der Waals surface area contributed by atoms with E-state index in [0.29, 0.717) is 23.5 Å². The van der Waals surface area contributed by atoms with Crippen LogP contribution in [-0.2, 0) is 25.7 Å². The summed E-state index contributed by atoms with van der Waals surface area (Å²) >= 11 is 0. The first-order valence-electron chi connectivity index (χ1n) is 10.5. The van der Waals surface area contributed by atoms with E-state index in [4.69, 9.17) is 0 Å². The largest absolute Gasteiger partial charge is 0.506 e. The number of pyridine rings is 1. The first-order chi connectivity index (χ1) is 14.0. The molecule has 4 rings (SSSR count). The Labute approximate surface area is 170 Å². The van der Waals surface area contributed by atoms with E-state index in [9.17, 15) is 15.0 Å². The van der Waals surface area contributed by atoms with E-state index in [0.717, 1.165) is 31.2 Å². The number of fused-ring (bicyclic) bond motifs is 2. The highest BCUT2D eigenvalue weighted by Gasteiger charge is 2.26. The van der Waals surface area contributed by atoms with Gasteiger partial charge in [-0.3, -0.25) is 4.79 Å². The minimum Gasteiger partial charge on any atom is -0.506 e. The van der Waals surface area contributed by atoms with Crippen molar-refractivity contribution in [1.29, 1.82) is 0 Å². The van der Waals surface area contributed by atoms with E-state index in [1.807, 2.05) is 0 Å². The molecular weight excluding hydrogens is 364 g/mol. The summed E-state index contributed by atoms with van der Waals surface area (Å²) in [5, 5.41) is 23.8. The molecule has 152 valence electrons. The third-order valence-electron chi connectivity index (χ3n) is 6.21. The molecule has 0 unspecified atom stereocenters. The zero-order chi connectivity index (χ0) is 20.5. The lowest BCUT2D eigenvalue weighted by Gasteiger charge is -2.16. The number of aliphatic hydroxyl groups excluding tert-OH is 1. The van der Waals surface area contributed by atoms with Gasteiger partial charge in [-0.05, 0) is 52.8 Å². The Kier molecular flexibility index (Phi) is 5.43. The molecule has 5 nitrogen and oxygen atoms in total. The van der Waals surface area contributed by atoms with Crippen LogP contribution in [0.25, 0.3) is 10.9 Å². The van der Waals surface area contributed by atoms with Crippen molar-refractivity contribution in [2.75, 3.05) is 6.54 Å². The summed E-state index contributed by atoms with van der Waals surface area (Å²) in [6.45, 7) is 4.97. The lowest BCUT2D eigenvalue weighted by Crippen LogP contribution is -2.91. The summed E-state index contributed by atoms with van der Waals surface area (Å²) in [7, 11) is 0. The molecule has 0 fully saturated rings. The number of quaternary nitrogens is 1. The summed E-state index contributed by atoms with van der Waals surface area (Å²) in [5.74, 6) is 0.0160. The van der Waals surface area contributed by atoms with Gasteiger partial charge in [0.25, 0.3) is 0 Å². The minimum absolute atomic E-state index is 0.0160. The summed E-state index contributed by atoms with van der Waals surface area (Å²) in [5.41, 5.74) is 6.63. The van der Waals surface area contributed by atoms with Gasteiger partial charge in [0, 0.05) is 24.3 Å². The van der Waals surface area contributed by atoms with E-state index < -0.39 is 6.10 Å². The normalized spacial score (nSPS) is 15.0. The van der Waals surface area contributed by atoms with Gasteiger partial charge in [0.15, 0.2) is 0 Å². The minimum atomic E-state index is -0.676. The van der Waals surface area contributed by atoms with Gasteiger partial charge in [-0.1, -0.05) is 32.0 Å². The SMILES string of the molecule is CCc1cc2c(cc1CC)CC([NH2+]C[C@H](O)c1ccc(O)c3[nH]c(=O)ccc13)C2. The Morgan fingerprint density at radius 3 is 2.34 bits per heavy atom. The number of aromatic nitrogens is 1. The highest BCUT2D eigenvalue weighted by atomic mass is 16.3. The molecule has 0 spiro atoms. The van der Waals surface area contributed by atoms with Crippen molar-refractivity contribution >= 4 is 10.9 Å². The molecule has 29 heavy (non-hydrogen) atoms. The number of hydrogen-bond donors (Lipinski definition) is 4. The average Bonchev–Trinajstić information content (AvgIpc) is 3.13. The van der Waals surface area contributed by atoms with Crippen LogP contribution in [-0.4, -0.2) is 27.8 Å². The molecule has 3 aromatic rings. The Morgan fingerprint density at radius 2 is 1.72 bits per heavy atom. The van der Waals surface area contributed by atoms with Gasteiger partial charge in [0.1, 0.15) is 18.4 Å². The molecule has 5 heteroatoms. The smallest absolute Gasteiger partial charge is 0.248 e.